The molecule has 0 fully saturated rings. The van der Waals surface area contributed by atoms with Gasteiger partial charge in [-0.05, 0) is 50.0 Å². The molecule has 22 heavy (non-hydrogen) atoms. The number of hydrogen-bond acceptors (Lipinski definition) is 1. The number of allylic oxidation sites excluding steroid dienone is 2. The summed E-state index contributed by atoms with van der Waals surface area (Å²) in [4.78, 5) is 13.0. The lowest BCUT2D eigenvalue weighted by Crippen LogP contribution is -2.18. The van der Waals surface area contributed by atoms with Crippen LogP contribution in [0.25, 0.3) is 0 Å². The van der Waals surface area contributed by atoms with E-state index in [4.69, 9.17) is 0 Å². The second kappa shape index (κ2) is 11.0. The summed E-state index contributed by atoms with van der Waals surface area (Å²) in [5.74, 6) is 1.44. The lowest BCUT2D eigenvalue weighted by atomic mass is 9.82. The molecule has 1 aliphatic carbocycles. The van der Waals surface area contributed by atoms with Crippen molar-refractivity contribution < 1.29 is 4.79 Å². The SMILES string of the molecule is CCCCC1=C(CCCC)C(CCCC)C(CCCC)C1=O. The summed E-state index contributed by atoms with van der Waals surface area (Å²) in [5.41, 5.74) is 2.84. The molecule has 0 N–H and O–H groups in total. The molecular weight excluding hydrogens is 268 g/mol. The van der Waals surface area contributed by atoms with Crippen molar-refractivity contribution in [2.45, 2.75) is 105 Å². The topological polar surface area (TPSA) is 17.1 Å². The van der Waals surface area contributed by atoms with Gasteiger partial charge in [-0.3, -0.25) is 4.79 Å². The molecule has 0 bridgehead atoms. The van der Waals surface area contributed by atoms with Gasteiger partial charge in [-0.1, -0.05) is 71.8 Å². The fourth-order valence-electron chi connectivity index (χ4n) is 3.93. The molecule has 2 atom stereocenters. The summed E-state index contributed by atoms with van der Waals surface area (Å²) in [6.45, 7) is 9.00. The van der Waals surface area contributed by atoms with Crippen LogP contribution in [0, 0.1) is 11.8 Å². The van der Waals surface area contributed by atoms with E-state index >= 15 is 0 Å². The average Bonchev–Trinajstić information content (AvgIpc) is 2.77. The second-order valence-corrected chi connectivity index (χ2v) is 7.07. The molecule has 0 radical (unpaired) electrons. The van der Waals surface area contributed by atoms with Crippen molar-refractivity contribution in [2.24, 2.45) is 11.8 Å². The minimum atomic E-state index is 0.324. The van der Waals surface area contributed by atoms with Crippen LogP contribution in [0.5, 0.6) is 0 Å². The van der Waals surface area contributed by atoms with E-state index in [-0.39, 0.29) is 0 Å². The Labute approximate surface area is 139 Å². The van der Waals surface area contributed by atoms with Crippen LogP contribution in [-0.2, 0) is 4.79 Å². The molecule has 128 valence electrons. The third kappa shape index (κ3) is 5.25. The fraction of sp³-hybridized carbons (Fsp3) is 0.857. The van der Waals surface area contributed by atoms with Crippen molar-refractivity contribution in [3.8, 4) is 0 Å². The van der Waals surface area contributed by atoms with Crippen LogP contribution in [0.4, 0.5) is 0 Å². The zero-order valence-corrected chi connectivity index (χ0v) is 15.5. The predicted octanol–water partition coefficient (Wildman–Crippen LogP) is 6.86. The molecule has 2 unspecified atom stereocenters. The van der Waals surface area contributed by atoms with Crippen LogP contribution < -0.4 is 0 Å². The van der Waals surface area contributed by atoms with Crippen LogP contribution in [0.15, 0.2) is 11.1 Å². The van der Waals surface area contributed by atoms with Gasteiger partial charge in [-0.15, -0.1) is 0 Å². The molecule has 0 aromatic carbocycles. The molecule has 0 saturated heterocycles. The Morgan fingerprint density at radius 2 is 1.18 bits per heavy atom. The third-order valence-corrected chi connectivity index (χ3v) is 5.27. The monoisotopic (exact) mass is 306 g/mol. The quantitative estimate of drug-likeness (QED) is 0.385. The van der Waals surface area contributed by atoms with Gasteiger partial charge in [-0.25, -0.2) is 0 Å². The normalized spacial score (nSPS) is 21.9. The molecule has 0 aromatic rings. The van der Waals surface area contributed by atoms with Crippen molar-refractivity contribution in [3.05, 3.63) is 11.1 Å². The Kier molecular flexibility index (Phi) is 9.75. The van der Waals surface area contributed by atoms with Crippen LogP contribution in [0.1, 0.15) is 105 Å². The molecule has 1 nitrogen and oxygen atoms in total. The van der Waals surface area contributed by atoms with E-state index in [0.717, 1.165) is 12.8 Å². The Morgan fingerprint density at radius 3 is 1.73 bits per heavy atom. The van der Waals surface area contributed by atoms with E-state index < -0.39 is 0 Å². The van der Waals surface area contributed by atoms with Crippen LogP contribution in [0.2, 0.25) is 0 Å². The second-order valence-electron chi connectivity index (χ2n) is 7.07. The number of hydrogen-bond donors (Lipinski definition) is 0. The first-order chi connectivity index (χ1) is 10.7. The van der Waals surface area contributed by atoms with Crippen molar-refractivity contribution >= 4 is 5.78 Å². The standard InChI is InChI=1S/C21H38O/c1-5-9-13-17-18(14-10-6-2)20(16-12-8-4)21(22)19(17)15-11-7-3/h17,19H,5-16H2,1-4H3. The molecule has 1 aliphatic rings. The maximum Gasteiger partial charge on any atom is 0.162 e. The van der Waals surface area contributed by atoms with Gasteiger partial charge in [0.2, 0.25) is 0 Å². The molecule has 1 heteroatoms. The molecule has 1 rings (SSSR count). The van der Waals surface area contributed by atoms with E-state index in [0.29, 0.717) is 17.6 Å². The van der Waals surface area contributed by atoms with Crippen LogP contribution in [-0.4, -0.2) is 5.78 Å². The van der Waals surface area contributed by atoms with Crippen molar-refractivity contribution in [1.29, 1.82) is 0 Å². The van der Waals surface area contributed by atoms with E-state index in [1.165, 1.54) is 69.8 Å². The van der Waals surface area contributed by atoms with Crippen molar-refractivity contribution in [2.75, 3.05) is 0 Å². The first kappa shape index (κ1) is 19.5. The average molecular weight is 307 g/mol. The van der Waals surface area contributed by atoms with Gasteiger partial charge in [0, 0.05) is 5.92 Å². The number of rotatable bonds is 12. The van der Waals surface area contributed by atoms with Crippen LogP contribution in [0.3, 0.4) is 0 Å². The molecule has 0 spiro atoms. The Bertz CT molecular complexity index is 353. The molecule has 0 saturated carbocycles. The highest BCUT2D eigenvalue weighted by Crippen LogP contribution is 2.44. The third-order valence-electron chi connectivity index (χ3n) is 5.27. The molecule has 0 aliphatic heterocycles. The number of carbonyl (C=O) groups is 1. The summed E-state index contributed by atoms with van der Waals surface area (Å²) in [5, 5.41) is 0. The van der Waals surface area contributed by atoms with Gasteiger partial charge >= 0.3 is 0 Å². The summed E-state index contributed by atoms with van der Waals surface area (Å²) in [6, 6.07) is 0. The van der Waals surface area contributed by atoms with E-state index in [1.54, 1.807) is 5.57 Å². The van der Waals surface area contributed by atoms with E-state index in [9.17, 15) is 4.79 Å². The summed E-state index contributed by atoms with van der Waals surface area (Å²) in [6.07, 6.45) is 14.4. The number of Topliss-reactive ketones (excluding diaryl/α,β-unsaturated/α-hetero) is 1. The first-order valence-corrected chi connectivity index (χ1v) is 9.97. The van der Waals surface area contributed by atoms with Gasteiger partial charge < -0.3 is 0 Å². The maximum atomic E-state index is 13.0. The summed E-state index contributed by atoms with van der Waals surface area (Å²) >= 11 is 0. The number of ketones is 1. The Balaban J connectivity index is 2.95. The minimum absolute atomic E-state index is 0.324. The summed E-state index contributed by atoms with van der Waals surface area (Å²) < 4.78 is 0. The largest absolute Gasteiger partial charge is 0.294 e. The van der Waals surface area contributed by atoms with Gasteiger partial charge in [0.1, 0.15) is 0 Å². The fourth-order valence-corrected chi connectivity index (χ4v) is 3.93. The van der Waals surface area contributed by atoms with Crippen molar-refractivity contribution in [1.82, 2.24) is 0 Å². The van der Waals surface area contributed by atoms with E-state index in [1.807, 2.05) is 0 Å². The molecule has 0 amide bonds. The molecule has 0 aromatic heterocycles. The van der Waals surface area contributed by atoms with Crippen molar-refractivity contribution in [3.63, 3.8) is 0 Å². The predicted molar refractivity (Wildman–Crippen MR) is 97.1 cm³/mol. The zero-order valence-electron chi connectivity index (χ0n) is 15.5. The van der Waals surface area contributed by atoms with E-state index in [2.05, 4.69) is 27.7 Å². The smallest absolute Gasteiger partial charge is 0.162 e. The van der Waals surface area contributed by atoms with Gasteiger partial charge in [0.15, 0.2) is 5.78 Å². The number of unbranched alkanes of at least 4 members (excludes halogenated alkanes) is 4. The molecular formula is C21H38O. The Morgan fingerprint density at radius 1 is 0.682 bits per heavy atom. The highest BCUT2D eigenvalue weighted by molar-refractivity contribution is 6.01. The van der Waals surface area contributed by atoms with Gasteiger partial charge in [0.05, 0.1) is 0 Å². The highest BCUT2D eigenvalue weighted by atomic mass is 16.1. The van der Waals surface area contributed by atoms with Gasteiger partial charge in [0.25, 0.3) is 0 Å². The summed E-state index contributed by atoms with van der Waals surface area (Å²) in [7, 11) is 0. The van der Waals surface area contributed by atoms with Gasteiger partial charge in [-0.2, -0.15) is 0 Å². The lowest BCUT2D eigenvalue weighted by molar-refractivity contribution is -0.119. The molecule has 0 heterocycles. The number of carbonyl (C=O) groups excluding carboxylic acids is 1. The minimum Gasteiger partial charge on any atom is -0.294 e. The Hall–Kier alpha value is -0.590. The maximum absolute atomic E-state index is 13.0. The zero-order chi connectivity index (χ0) is 16.4. The lowest BCUT2D eigenvalue weighted by Gasteiger charge is -2.22. The van der Waals surface area contributed by atoms with Crippen LogP contribution >= 0.6 is 0 Å². The first-order valence-electron chi connectivity index (χ1n) is 9.97. The highest BCUT2D eigenvalue weighted by Gasteiger charge is 2.39.